The maximum absolute atomic E-state index is 8.97. The van der Waals surface area contributed by atoms with E-state index in [1.54, 1.807) is 6.08 Å². The van der Waals surface area contributed by atoms with Crippen molar-refractivity contribution in [3.8, 4) is 47.9 Å². The maximum Gasteiger partial charge on any atom is 0.138 e. The fourth-order valence-corrected chi connectivity index (χ4v) is 1.66. The Morgan fingerprint density at radius 3 is 2.29 bits per heavy atom. The van der Waals surface area contributed by atoms with Crippen molar-refractivity contribution >= 4 is 0 Å². The van der Waals surface area contributed by atoms with E-state index >= 15 is 0 Å². The highest BCUT2D eigenvalue weighted by Crippen LogP contribution is 2.04. The predicted molar refractivity (Wildman–Crippen MR) is 100 cm³/mol. The van der Waals surface area contributed by atoms with E-state index in [1.807, 2.05) is 12.2 Å². The molecule has 0 saturated carbocycles. The highest BCUT2D eigenvalue weighted by Gasteiger charge is 1.90. The van der Waals surface area contributed by atoms with Gasteiger partial charge in [0.25, 0.3) is 0 Å². The average Bonchev–Trinajstić information content (AvgIpc) is 2.60. The molecular formula is C22H26O2. The van der Waals surface area contributed by atoms with Gasteiger partial charge in [-0.25, -0.2) is 0 Å². The Labute approximate surface area is 147 Å². The Hall–Kier alpha value is -2.36. The third-order valence-corrected chi connectivity index (χ3v) is 2.93. The van der Waals surface area contributed by atoms with Gasteiger partial charge in [0.05, 0.1) is 6.61 Å². The Morgan fingerprint density at radius 1 is 0.875 bits per heavy atom. The minimum absolute atomic E-state index is 0.359. The summed E-state index contributed by atoms with van der Waals surface area (Å²) in [4.78, 5) is 0. The molecule has 0 aromatic carbocycles. The molecule has 0 aliphatic heterocycles. The SMILES string of the molecule is C#C/C=C\CCCCC/C=C\C#CCCCC#CC#C[C@@H](O)CO. The molecule has 0 saturated heterocycles. The van der Waals surface area contributed by atoms with Crippen molar-refractivity contribution in [2.45, 2.75) is 57.5 Å². The van der Waals surface area contributed by atoms with Gasteiger partial charge < -0.3 is 10.2 Å². The van der Waals surface area contributed by atoms with Gasteiger partial charge in [-0.05, 0) is 56.1 Å². The van der Waals surface area contributed by atoms with E-state index in [0.717, 1.165) is 32.1 Å². The molecule has 0 spiro atoms. The van der Waals surface area contributed by atoms with Crippen LogP contribution in [0, 0.1) is 47.9 Å². The summed E-state index contributed by atoms with van der Waals surface area (Å²) in [7, 11) is 0. The van der Waals surface area contributed by atoms with Crippen LogP contribution in [0.1, 0.15) is 51.4 Å². The molecule has 0 fully saturated rings. The van der Waals surface area contributed by atoms with Crippen molar-refractivity contribution in [1.29, 1.82) is 0 Å². The Morgan fingerprint density at radius 2 is 1.58 bits per heavy atom. The van der Waals surface area contributed by atoms with Crippen LogP contribution in [-0.2, 0) is 0 Å². The number of terminal acetylenes is 1. The first-order chi connectivity index (χ1) is 11.8. The molecule has 0 rings (SSSR count). The lowest BCUT2D eigenvalue weighted by Gasteiger charge is -1.93. The van der Waals surface area contributed by atoms with Crippen molar-refractivity contribution in [2.75, 3.05) is 6.61 Å². The van der Waals surface area contributed by atoms with Crippen LogP contribution in [0.15, 0.2) is 24.3 Å². The van der Waals surface area contributed by atoms with Crippen LogP contribution in [0.25, 0.3) is 0 Å². The van der Waals surface area contributed by atoms with E-state index in [4.69, 9.17) is 16.6 Å². The van der Waals surface area contributed by atoms with Crippen molar-refractivity contribution in [1.82, 2.24) is 0 Å². The molecule has 0 aromatic heterocycles. The van der Waals surface area contributed by atoms with Crippen LogP contribution in [-0.4, -0.2) is 22.9 Å². The molecule has 2 nitrogen and oxygen atoms in total. The predicted octanol–water partition coefficient (Wildman–Crippen LogP) is 3.22. The summed E-state index contributed by atoms with van der Waals surface area (Å²) in [6.07, 6.45) is 20.1. The Kier molecular flexibility index (Phi) is 16.9. The maximum atomic E-state index is 8.97. The second kappa shape index (κ2) is 18.7. The zero-order valence-electron chi connectivity index (χ0n) is 14.2. The summed E-state index contributed by atoms with van der Waals surface area (Å²) in [5.41, 5.74) is 0. The standard InChI is InChI=1S/C22H26O2/c1-2-3-4-5-6-7-8-9-10-11-12-13-14-15-16-17-18-19-20-22(24)21-23/h1,3-4,10-11,22-24H,5-9,14-16,21H2/b4-3-,11-10-/t22-/m1/s1. The van der Waals surface area contributed by atoms with Crippen molar-refractivity contribution in [3.05, 3.63) is 24.3 Å². The molecule has 0 amide bonds. The zero-order valence-corrected chi connectivity index (χ0v) is 14.2. The van der Waals surface area contributed by atoms with E-state index in [9.17, 15) is 0 Å². The van der Waals surface area contributed by atoms with Crippen LogP contribution >= 0.6 is 0 Å². The van der Waals surface area contributed by atoms with Crippen LogP contribution < -0.4 is 0 Å². The summed E-state index contributed by atoms with van der Waals surface area (Å²) in [6, 6.07) is 0. The second-order valence-electron chi connectivity index (χ2n) is 5.05. The molecular weight excluding hydrogens is 296 g/mol. The lowest BCUT2D eigenvalue weighted by atomic mass is 10.1. The van der Waals surface area contributed by atoms with Crippen molar-refractivity contribution in [3.63, 3.8) is 0 Å². The number of aliphatic hydroxyl groups is 2. The monoisotopic (exact) mass is 322 g/mol. The lowest BCUT2D eigenvalue weighted by Crippen LogP contribution is -2.07. The van der Waals surface area contributed by atoms with Crippen LogP contribution in [0.2, 0.25) is 0 Å². The molecule has 0 aliphatic carbocycles. The molecule has 1 atom stereocenters. The van der Waals surface area contributed by atoms with Gasteiger partial charge in [0.1, 0.15) is 6.10 Å². The Balaban J connectivity index is 3.54. The molecule has 0 unspecified atom stereocenters. The van der Waals surface area contributed by atoms with E-state index < -0.39 is 6.10 Å². The van der Waals surface area contributed by atoms with Gasteiger partial charge in [-0.15, -0.1) is 6.42 Å². The quantitative estimate of drug-likeness (QED) is 0.505. The van der Waals surface area contributed by atoms with E-state index in [1.165, 1.54) is 19.3 Å². The molecule has 0 radical (unpaired) electrons. The first-order valence-corrected chi connectivity index (χ1v) is 8.33. The normalized spacial score (nSPS) is 10.9. The summed E-state index contributed by atoms with van der Waals surface area (Å²) in [5.74, 6) is 19.1. The minimum atomic E-state index is -0.998. The van der Waals surface area contributed by atoms with E-state index in [-0.39, 0.29) is 6.61 Å². The molecule has 0 aromatic rings. The van der Waals surface area contributed by atoms with Crippen molar-refractivity contribution in [2.24, 2.45) is 0 Å². The number of allylic oxidation sites excluding steroid dienone is 4. The largest absolute Gasteiger partial charge is 0.393 e. The van der Waals surface area contributed by atoms with Gasteiger partial charge >= 0.3 is 0 Å². The van der Waals surface area contributed by atoms with E-state index in [0.29, 0.717) is 0 Å². The third-order valence-electron chi connectivity index (χ3n) is 2.93. The fraction of sp³-hybridized carbons (Fsp3) is 0.455. The van der Waals surface area contributed by atoms with Crippen LogP contribution in [0.3, 0.4) is 0 Å². The highest BCUT2D eigenvalue weighted by atomic mass is 16.3. The lowest BCUT2D eigenvalue weighted by molar-refractivity contribution is 0.138. The number of hydrogen-bond donors (Lipinski definition) is 2. The van der Waals surface area contributed by atoms with E-state index in [2.05, 4.69) is 47.5 Å². The highest BCUT2D eigenvalue weighted by molar-refractivity contribution is 5.27. The summed E-state index contributed by atoms with van der Waals surface area (Å²) in [5, 5.41) is 17.5. The number of rotatable bonds is 9. The number of hydrogen-bond acceptors (Lipinski definition) is 2. The first-order valence-electron chi connectivity index (χ1n) is 8.33. The summed E-state index contributed by atoms with van der Waals surface area (Å²) < 4.78 is 0. The number of aliphatic hydroxyl groups excluding tert-OH is 2. The fourth-order valence-electron chi connectivity index (χ4n) is 1.66. The molecule has 0 heterocycles. The van der Waals surface area contributed by atoms with Crippen LogP contribution in [0.4, 0.5) is 0 Å². The third kappa shape index (κ3) is 17.7. The minimum Gasteiger partial charge on any atom is -0.393 e. The molecule has 2 heteroatoms. The van der Waals surface area contributed by atoms with Gasteiger partial charge in [-0.2, -0.15) is 0 Å². The van der Waals surface area contributed by atoms with Gasteiger partial charge in [0.2, 0.25) is 0 Å². The molecule has 2 N–H and O–H groups in total. The second-order valence-corrected chi connectivity index (χ2v) is 5.05. The van der Waals surface area contributed by atoms with Gasteiger partial charge in [-0.1, -0.05) is 48.2 Å². The van der Waals surface area contributed by atoms with Gasteiger partial charge in [-0.3, -0.25) is 0 Å². The summed E-state index contributed by atoms with van der Waals surface area (Å²) in [6.45, 7) is -0.359. The zero-order chi connectivity index (χ0) is 17.7. The molecule has 0 bridgehead atoms. The molecule has 24 heavy (non-hydrogen) atoms. The molecule has 126 valence electrons. The Bertz CT molecular complexity index is 586. The number of unbranched alkanes of at least 4 members (excludes halogenated alkanes) is 6. The topological polar surface area (TPSA) is 40.5 Å². The first kappa shape index (κ1) is 21.6. The van der Waals surface area contributed by atoms with Gasteiger partial charge in [0, 0.05) is 12.8 Å². The molecule has 0 aliphatic rings. The van der Waals surface area contributed by atoms with Crippen LogP contribution in [0.5, 0.6) is 0 Å². The van der Waals surface area contributed by atoms with Gasteiger partial charge in [0.15, 0.2) is 0 Å². The summed E-state index contributed by atoms with van der Waals surface area (Å²) >= 11 is 0. The smallest absolute Gasteiger partial charge is 0.138 e. The average molecular weight is 322 g/mol. The van der Waals surface area contributed by atoms with Crippen molar-refractivity contribution < 1.29 is 10.2 Å².